The summed E-state index contributed by atoms with van der Waals surface area (Å²) >= 11 is 0. The minimum atomic E-state index is -4.47. The standard InChI is InChI=1S/C29H29F6NO/c1-18-11-13-36(14-12-18)27(21-5-9-24(10-6-21)29(33,34)35)26-15-19(2)22(17-37)16-25(26)20-3-7-23(8-4-20)28(30,31)32/h3-10,15-16,18,27,37H,11-14,17H2,1-2H3. The molecule has 37 heavy (non-hydrogen) atoms. The van der Waals surface area contributed by atoms with Crippen LogP contribution in [0.5, 0.6) is 0 Å². The maximum absolute atomic E-state index is 13.3. The van der Waals surface area contributed by atoms with Crippen LogP contribution in [0.4, 0.5) is 26.3 Å². The number of hydrogen-bond acceptors (Lipinski definition) is 2. The third kappa shape index (κ3) is 6.02. The number of rotatable bonds is 5. The number of aryl methyl sites for hydroxylation is 1. The highest BCUT2D eigenvalue weighted by atomic mass is 19.4. The van der Waals surface area contributed by atoms with Gasteiger partial charge in [0.2, 0.25) is 0 Å². The molecule has 2 nitrogen and oxygen atoms in total. The highest BCUT2D eigenvalue weighted by Gasteiger charge is 2.33. The Labute approximate surface area is 212 Å². The number of aliphatic hydroxyl groups is 1. The molecule has 8 heteroatoms. The number of likely N-dealkylation sites (tertiary alicyclic amines) is 1. The Balaban J connectivity index is 1.88. The van der Waals surface area contributed by atoms with E-state index in [1.807, 2.05) is 13.0 Å². The molecule has 1 N–H and O–H groups in total. The second-order valence-corrected chi connectivity index (χ2v) is 9.84. The number of piperidine rings is 1. The van der Waals surface area contributed by atoms with Crippen LogP contribution in [0.1, 0.15) is 59.2 Å². The average Bonchev–Trinajstić information content (AvgIpc) is 2.85. The van der Waals surface area contributed by atoms with Crippen LogP contribution >= 0.6 is 0 Å². The van der Waals surface area contributed by atoms with Crippen molar-refractivity contribution >= 4 is 0 Å². The summed E-state index contributed by atoms with van der Waals surface area (Å²) in [6.45, 7) is 5.23. The molecule has 1 saturated heterocycles. The SMILES string of the molecule is Cc1cc(C(c2ccc(C(F)(F)F)cc2)N2CCC(C)CC2)c(-c2ccc(C(F)(F)F)cc2)cc1CO. The summed E-state index contributed by atoms with van der Waals surface area (Å²) in [5.41, 5.74) is 2.57. The maximum atomic E-state index is 13.3. The lowest BCUT2D eigenvalue weighted by molar-refractivity contribution is -0.138. The Kier molecular flexibility index (Phi) is 7.72. The topological polar surface area (TPSA) is 23.5 Å². The number of benzene rings is 3. The van der Waals surface area contributed by atoms with Gasteiger partial charge in [-0.3, -0.25) is 4.90 Å². The highest BCUT2D eigenvalue weighted by molar-refractivity contribution is 5.71. The first kappa shape index (κ1) is 27.2. The zero-order valence-corrected chi connectivity index (χ0v) is 20.6. The molecular formula is C29H29F6NO. The minimum absolute atomic E-state index is 0.244. The Bertz CT molecular complexity index is 1210. The summed E-state index contributed by atoms with van der Waals surface area (Å²) in [5.74, 6) is 0.525. The van der Waals surface area contributed by atoms with Gasteiger partial charge in [0.25, 0.3) is 0 Å². The molecule has 1 fully saturated rings. The zero-order valence-electron chi connectivity index (χ0n) is 20.6. The lowest BCUT2D eigenvalue weighted by Gasteiger charge is -2.38. The van der Waals surface area contributed by atoms with Crippen LogP contribution in [0, 0.1) is 12.8 Å². The van der Waals surface area contributed by atoms with E-state index in [0.29, 0.717) is 28.2 Å². The lowest BCUT2D eigenvalue weighted by Crippen LogP contribution is -2.37. The van der Waals surface area contributed by atoms with Crippen molar-refractivity contribution in [3.63, 3.8) is 0 Å². The largest absolute Gasteiger partial charge is 0.416 e. The minimum Gasteiger partial charge on any atom is -0.392 e. The molecule has 0 aromatic heterocycles. The molecule has 0 radical (unpaired) electrons. The van der Waals surface area contributed by atoms with Crippen molar-refractivity contribution in [2.45, 2.75) is 51.7 Å². The van der Waals surface area contributed by atoms with Crippen molar-refractivity contribution in [3.05, 3.63) is 94.0 Å². The van der Waals surface area contributed by atoms with Crippen LogP contribution in [0.3, 0.4) is 0 Å². The number of aliphatic hydroxyl groups excluding tert-OH is 1. The first-order valence-corrected chi connectivity index (χ1v) is 12.2. The van der Waals surface area contributed by atoms with Crippen LogP contribution in [0.15, 0.2) is 60.7 Å². The summed E-state index contributed by atoms with van der Waals surface area (Å²) in [5, 5.41) is 9.91. The van der Waals surface area contributed by atoms with E-state index in [-0.39, 0.29) is 6.61 Å². The van der Waals surface area contributed by atoms with E-state index in [2.05, 4.69) is 11.8 Å². The molecule has 0 spiro atoms. The molecule has 1 heterocycles. The first-order valence-electron chi connectivity index (χ1n) is 12.2. The van der Waals surface area contributed by atoms with Gasteiger partial charge >= 0.3 is 12.4 Å². The Morgan fingerprint density at radius 2 is 1.35 bits per heavy atom. The number of hydrogen-bond donors (Lipinski definition) is 1. The van der Waals surface area contributed by atoms with Crippen molar-refractivity contribution in [2.24, 2.45) is 5.92 Å². The van der Waals surface area contributed by atoms with Gasteiger partial charge < -0.3 is 5.11 Å². The van der Waals surface area contributed by atoms with Crippen molar-refractivity contribution in [1.29, 1.82) is 0 Å². The van der Waals surface area contributed by atoms with E-state index in [1.165, 1.54) is 24.3 Å². The fourth-order valence-corrected chi connectivity index (χ4v) is 4.99. The number of halogens is 6. The Morgan fingerprint density at radius 3 is 1.84 bits per heavy atom. The average molecular weight is 522 g/mol. The first-order chi connectivity index (χ1) is 17.4. The van der Waals surface area contributed by atoms with Gasteiger partial charge in [-0.25, -0.2) is 0 Å². The molecule has 0 saturated carbocycles. The fraction of sp³-hybridized carbons (Fsp3) is 0.379. The van der Waals surface area contributed by atoms with Gasteiger partial charge in [0.15, 0.2) is 0 Å². The van der Waals surface area contributed by atoms with Crippen LogP contribution in [0.2, 0.25) is 0 Å². The van der Waals surface area contributed by atoms with Gasteiger partial charge in [0.05, 0.1) is 23.8 Å². The third-order valence-electron chi connectivity index (χ3n) is 7.23. The monoisotopic (exact) mass is 521 g/mol. The van der Waals surface area contributed by atoms with Gasteiger partial charge in [-0.05, 0) is 102 Å². The predicted molar refractivity (Wildman–Crippen MR) is 131 cm³/mol. The van der Waals surface area contributed by atoms with Crippen molar-refractivity contribution in [1.82, 2.24) is 4.90 Å². The quantitative estimate of drug-likeness (QED) is 0.344. The number of nitrogens with zero attached hydrogens (tertiary/aromatic N) is 1. The smallest absolute Gasteiger partial charge is 0.392 e. The lowest BCUT2D eigenvalue weighted by atomic mass is 9.85. The molecule has 3 aromatic carbocycles. The summed E-state index contributed by atoms with van der Waals surface area (Å²) in [6, 6.07) is 13.2. The molecule has 0 aliphatic carbocycles. The van der Waals surface area contributed by atoms with Crippen LogP contribution < -0.4 is 0 Å². The van der Waals surface area contributed by atoms with E-state index < -0.39 is 29.5 Å². The maximum Gasteiger partial charge on any atom is 0.416 e. The zero-order chi connectivity index (χ0) is 27.0. The normalized spacial score (nSPS) is 16.7. The molecule has 3 aromatic rings. The van der Waals surface area contributed by atoms with Gasteiger partial charge in [0.1, 0.15) is 0 Å². The van der Waals surface area contributed by atoms with Gasteiger partial charge in [-0.1, -0.05) is 37.3 Å². The van der Waals surface area contributed by atoms with Crippen molar-refractivity contribution in [3.8, 4) is 11.1 Å². The second kappa shape index (κ2) is 10.5. The van der Waals surface area contributed by atoms with Crippen molar-refractivity contribution < 1.29 is 31.4 Å². The second-order valence-electron chi connectivity index (χ2n) is 9.84. The Hall–Kier alpha value is -2.84. The molecule has 1 aliphatic rings. The van der Waals surface area contributed by atoms with Crippen LogP contribution in [-0.2, 0) is 19.0 Å². The molecule has 1 atom stereocenters. The van der Waals surface area contributed by atoms with E-state index in [0.717, 1.165) is 61.3 Å². The number of alkyl halides is 6. The Morgan fingerprint density at radius 1 is 0.838 bits per heavy atom. The van der Waals surface area contributed by atoms with Crippen LogP contribution in [-0.4, -0.2) is 23.1 Å². The summed E-state index contributed by atoms with van der Waals surface area (Å²) < 4.78 is 79.4. The highest BCUT2D eigenvalue weighted by Crippen LogP contribution is 2.41. The van der Waals surface area contributed by atoms with Gasteiger partial charge in [0, 0.05) is 0 Å². The molecular weight excluding hydrogens is 492 g/mol. The third-order valence-corrected chi connectivity index (χ3v) is 7.23. The van der Waals surface area contributed by atoms with E-state index in [9.17, 15) is 31.4 Å². The van der Waals surface area contributed by atoms with Gasteiger partial charge in [-0.15, -0.1) is 0 Å². The van der Waals surface area contributed by atoms with Gasteiger partial charge in [-0.2, -0.15) is 26.3 Å². The molecule has 0 amide bonds. The molecule has 0 bridgehead atoms. The van der Waals surface area contributed by atoms with E-state index in [4.69, 9.17) is 0 Å². The summed E-state index contributed by atoms with van der Waals surface area (Å²) in [6.07, 6.45) is -7.07. The molecule has 1 unspecified atom stereocenters. The van der Waals surface area contributed by atoms with E-state index >= 15 is 0 Å². The summed E-state index contributed by atoms with van der Waals surface area (Å²) in [7, 11) is 0. The van der Waals surface area contributed by atoms with Crippen molar-refractivity contribution in [2.75, 3.05) is 13.1 Å². The van der Waals surface area contributed by atoms with E-state index in [1.54, 1.807) is 6.07 Å². The molecule has 4 rings (SSSR count). The summed E-state index contributed by atoms with van der Waals surface area (Å²) in [4.78, 5) is 2.23. The molecule has 198 valence electrons. The fourth-order valence-electron chi connectivity index (χ4n) is 4.99. The predicted octanol–water partition coefficient (Wildman–Crippen LogP) is 8.01. The molecule has 1 aliphatic heterocycles. The van der Waals surface area contributed by atoms with Crippen LogP contribution in [0.25, 0.3) is 11.1 Å².